The number of rotatable bonds is 4. The van der Waals surface area contributed by atoms with Gasteiger partial charge in [0.15, 0.2) is 0 Å². The molecular formula is C13H13N3O2. The zero-order valence-electron chi connectivity index (χ0n) is 9.96. The highest BCUT2D eigenvalue weighted by atomic mass is 16.6. The third kappa shape index (κ3) is 2.82. The van der Waals surface area contributed by atoms with Gasteiger partial charge in [-0.2, -0.15) is 0 Å². The summed E-state index contributed by atoms with van der Waals surface area (Å²) in [5.41, 5.74) is 2.36. The van der Waals surface area contributed by atoms with Gasteiger partial charge >= 0.3 is 0 Å². The van der Waals surface area contributed by atoms with Gasteiger partial charge in [0.25, 0.3) is 5.69 Å². The van der Waals surface area contributed by atoms with Gasteiger partial charge < -0.3 is 5.32 Å². The lowest BCUT2D eigenvalue weighted by molar-refractivity contribution is -0.384. The maximum Gasteiger partial charge on any atom is 0.292 e. The van der Waals surface area contributed by atoms with E-state index < -0.39 is 4.92 Å². The number of benzene rings is 1. The number of nitrogens with one attached hydrogen (secondary N) is 1. The van der Waals surface area contributed by atoms with Gasteiger partial charge in [-0.3, -0.25) is 15.1 Å². The first-order valence-corrected chi connectivity index (χ1v) is 5.56. The van der Waals surface area contributed by atoms with E-state index in [0.29, 0.717) is 12.2 Å². The Hall–Kier alpha value is -2.43. The summed E-state index contributed by atoms with van der Waals surface area (Å²) in [7, 11) is 0. The highest BCUT2D eigenvalue weighted by molar-refractivity contribution is 5.61. The molecule has 0 saturated heterocycles. The van der Waals surface area contributed by atoms with Gasteiger partial charge in [-0.05, 0) is 25.1 Å². The number of anilines is 1. The summed E-state index contributed by atoms with van der Waals surface area (Å²) in [5, 5.41) is 13.9. The molecule has 0 amide bonds. The Morgan fingerprint density at radius 2 is 2.00 bits per heavy atom. The first-order valence-electron chi connectivity index (χ1n) is 5.56. The normalized spacial score (nSPS) is 10.1. The smallest absolute Gasteiger partial charge is 0.292 e. The molecule has 5 nitrogen and oxygen atoms in total. The van der Waals surface area contributed by atoms with E-state index in [1.54, 1.807) is 18.2 Å². The van der Waals surface area contributed by atoms with Crippen molar-refractivity contribution in [1.29, 1.82) is 0 Å². The molecule has 0 aliphatic carbocycles. The van der Waals surface area contributed by atoms with Crippen molar-refractivity contribution in [3.8, 4) is 0 Å². The Balaban J connectivity index is 2.13. The van der Waals surface area contributed by atoms with E-state index in [9.17, 15) is 10.1 Å². The Kier molecular flexibility index (Phi) is 3.52. The Bertz CT molecular complexity index is 570. The first kappa shape index (κ1) is 12.0. The van der Waals surface area contributed by atoms with Gasteiger partial charge in [-0.25, -0.2) is 0 Å². The quantitative estimate of drug-likeness (QED) is 0.662. The number of pyridine rings is 1. The first-order chi connectivity index (χ1) is 8.66. The van der Waals surface area contributed by atoms with E-state index in [1.165, 1.54) is 6.07 Å². The van der Waals surface area contributed by atoms with Crippen LogP contribution in [-0.2, 0) is 6.54 Å². The van der Waals surface area contributed by atoms with Crippen LogP contribution in [0.4, 0.5) is 11.4 Å². The van der Waals surface area contributed by atoms with E-state index in [0.717, 1.165) is 11.4 Å². The lowest BCUT2D eigenvalue weighted by atomic mass is 10.2. The van der Waals surface area contributed by atoms with Gasteiger partial charge in [0.05, 0.1) is 17.2 Å². The molecule has 2 aromatic rings. The van der Waals surface area contributed by atoms with Crippen molar-refractivity contribution in [2.24, 2.45) is 0 Å². The third-order valence-corrected chi connectivity index (χ3v) is 2.51. The number of aromatic nitrogens is 1. The van der Waals surface area contributed by atoms with Crippen molar-refractivity contribution in [1.82, 2.24) is 4.98 Å². The van der Waals surface area contributed by atoms with Crippen LogP contribution in [0.5, 0.6) is 0 Å². The summed E-state index contributed by atoms with van der Waals surface area (Å²) >= 11 is 0. The summed E-state index contributed by atoms with van der Waals surface area (Å²) in [6, 6.07) is 12.3. The molecule has 2 rings (SSSR count). The fraction of sp³-hybridized carbons (Fsp3) is 0.154. The van der Waals surface area contributed by atoms with E-state index >= 15 is 0 Å². The van der Waals surface area contributed by atoms with Crippen LogP contribution in [0.15, 0.2) is 42.5 Å². The molecule has 92 valence electrons. The number of nitrogens with zero attached hydrogens (tertiary/aromatic N) is 2. The van der Waals surface area contributed by atoms with Crippen LogP contribution >= 0.6 is 0 Å². The zero-order valence-corrected chi connectivity index (χ0v) is 9.96. The molecule has 0 spiro atoms. The van der Waals surface area contributed by atoms with Crippen molar-refractivity contribution in [3.05, 3.63) is 64.0 Å². The molecule has 0 aliphatic rings. The molecule has 0 fully saturated rings. The van der Waals surface area contributed by atoms with Crippen LogP contribution in [-0.4, -0.2) is 9.91 Å². The van der Waals surface area contributed by atoms with Crippen molar-refractivity contribution < 1.29 is 4.92 Å². The van der Waals surface area contributed by atoms with Crippen molar-refractivity contribution in [2.45, 2.75) is 13.5 Å². The number of aryl methyl sites for hydroxylation is 1. The molecule has 1 aromatic carbocycles. The summed E-state index contributed by atoms with van der Waals surface area (Å²) in [6.45, 7) is 2.38. The topological polar surface area (TPSA) is 68.1 Å². The predicted octanol–water partition coefficient (Wildman–Crippen LogP) is 2.91. The van der Waals surface area contributed by atoms with E-state index in [1.807, 2.05) is 25.1 Å². The molecule has 0 unspecified atom stereocenters. The van der Waals surface area contributed by atoms with E-state index in [4.69, 9.17) is 0 Å². The zero-order chi connectivity index (χ0) is 13.0. The second-order valence-electron chi connectivity index (χ2n) is 3.90. The lowest BCUT2D eigenvalue weighted by Crippen LogP contribution is -2.04. The number of para-hydroxylation sites is 2. The maximum atomic E-state index is 10.8. The minimum absolute atomic E-state index is 0.0742. The molecule has 0 aliphatic heterocycles. The van der Waals surface area contributed by atoms with Gasteiger partial charge in [-0.1, -0.05) is 18.2 Å². The van der Waals surface area contributed by atoms with E-state index in [2.05, 4.69) is 10.3 Å². The molecule has 5 heteroatoms. The number of nitro groups is 1. The van der Waals surface area contributed by atoms with Crippen LogP contribution in [0.3, 0.4) is 0 Å². The molecule has 0 atom stereocenters. The fourth-order valence-corrected chi connectivity index (χ4v) is 1.67. The molecule has 1 heterocycles. The highest BCUT2D eigenvalue weighted by Gasteiger charge is 2.11. The molecular weight excluding hydrogens is 230 g/mol. The van der Waals surface area contributed by atoms with Gasteiger partial charge in [-0.15, -0.1) is 0 Å². The Morgan fingerprint density at radius 1 is 1.22 bits per heavy atom. The van der Waals surface area contributed by atoms with Gasteiger partial charge in [0.1, 0.15) is 5.69 Å². The van der Waals surface area contributed by atoms with Gasteiger partial charge in [0, 0.05) is 11.8 Å². The van der Waals surface area contributed by atoms with Gasteiger partial charge in [0.2, 0.25) is 0 Å². The number of hydrogen-bond donors (Lipinski definition) is 1. The van der Waals surface area contributed by atoms with Crippen LogP contribution in [0.25, 0.3) is 0 Å². The fourth-order valence-electron chi connectivity index (χ4n) is 1.67. The lowest BCUT2D eigenvalue weighted by Gasteiger charge is -2.06. The molecule has 18 heavy (non-hydrogen) atoms. The SMILES string of the molecule is Cc1cccc(CNc2ccccc2[N+](=O)[O-])n1. The van der Waals surface area contributed by atoms with Crippen molar-refractivity contribution >= 4 is 11.4 Å². The van der Waals surface area contributed by atoms with E-state index in [-0.39, 0.29) is 5.69 Å². The largest absolute Gasteiger partial charge is 0.374 e. The Labute approximate surface area is 105 Å². The van der Waals surface area contributed by atoms with Crippen LogP contribution < -0.4 is 5.32 Å². The maximum absolute atomic E-state index is 10.8. The molecule has 0 saturated carbocycles. The van der Waals surface area contributed by atoms with Crippen LogP contribution in [0, 0.1) is 17.0 Å². The minimum Gasteiger partial charge on any atom is -0.374 e. The monoisotopic (exact) mass is 243 g/mol. The molecule has 0 radical (unpaired) electrons. The molecule has 1 aromatic heterocycles. The second kappa shape index (κ2) is 5.27. The van der Waals surface area contributed by atoms with Crippen LogP contribution in [0.2, 0.25) is 0 Å². The predicted molar refractivity (Wildman–Crippen MR) is 69.4 cm³/mol. The summed E-state index contributed by atoms with van der Waals surface area (Å²) in [5.74, 6) is 0. The Morgan fingerprint density at radius 3 is 2.72 bits per heavy atom. The van der Waals surface area contributed by atoms with Crippen LogP contribution in [0.1, 0.15) is 11.4 Å². The third-order valence-electron chi connectivity index (χ3n) is 2.51. The summed E-state index contributed by atoms with van der Waals surface area (Å²) in [6.07, 6.45) is 0. The minimum atomic E-state index is -0.397. The highest BCUT2D eigenvalue weighted by Crippen LogP contribution is 2.23. The summed E-state index contributed by atoms with van der Waals surface area (Å²) < 4.78 is 0. The number of nitro benzene ring substituents is 1. The average Bonchev–Trinajstić information content (AvgIpc) is 2.37. The number of hydrogen-bond acceptors (Lipinski definition) is 4. The van der Waals surface area contributed by atoms with Crippen molar-refractivity contribution in [2.75, 3.05) is 5.32 Å². The average molecular weight is 243 g/mol. The molecule has 0 bridgehead atoms. The molecule has 1 N–H and O–H groups in total. The summed E-state index contributed by atoms with van der Waals surface area (Å²) in [4.78, 5) is 14.8. The standard InChI is InChI=1S/C13H13N3O2/c1-10-5-4-6-11(15-10)9-14-12-7-2-3-8-13(12)16(17)18/h2-8,14H,9H2,1H3. The van der Waals surface area contributed by atoms with Crippen molar-refractivity contribution in [3.63, 3.8) is 0 Å². The second-order valence-corrected chi connectivity index (χ2v) is 3.90.